The van der Waals surface area contributed by atoms with Crippen molar-refractivity contribution in [3.05, 3.63) is 72.2 Å². The number of halogens is 1. The molecule has 1 saturated heterocycles. The Hall–Kier alpha value is -2.13. The lowest BCUT2D eigenvalue weighted by Crippen LogP contribution is -2.35. The largest absolute Gasteiger partial charge is 0.361 e. The zero-order valence-electron chi connectivity index (χ0n) is 14.9. The molecule has 0 spiro atoms. The van der Waals surface area contributed by atoms with Gasteiger partial charge < -0.3 is 9.88 Å². The number of fused-ring (bicyclic) bond motifs is 1. The van der Waals surface area contributed by atoms with Crippen LogP contribution in [0.5, 0.6) is 0 Å². The fourth-order valence-electron chi connectivity index (χ4n) is 3.42. The number of hydrogen-bond donors (Lipinski definition) is 1. The van der Waals surface area contributed by atoms with E-state index in [0.29, 0.717) is 0 Å². The Kier molecular flexibility index (Phi) is 6.24. The summed E-state index contributed by atoms with van der Waals surface area (Å²) in [5.74, 6) is 0.692. The molecule has 1 atom stereocenters. The Morgan fingerprint density at radius 2 is 1.88 bits per heavy atom. The predicted molar refractivity (Wildman–Crippen MR) is 103 cm³/mol. The van der Waals surface area contributed by atoms with E-state index in [1.165, 1.54) is 42.4 Å². The van der Waals surface area contributed by atoms with Crippen LogP contribution in [0.15, 0.2) is 60.8 Å². The molecule has 2 aromatic carbocycles. The Morgan fingerprint density at radius 3 is 2.64 bits per heavy atom. The van der Waals surface area contributed by atoms with Crippen LogP contribution in [0.3, 0.4) is 0 Å². The summed E-state index contributed by atoms with van der Waals surface area (Å²) in [6.07, 6.45) is 5.68. The Balaban J connectivity index is 0.000000170. The number of para-hydroxylation sites is 1. The van der Waals surface area contributed by atoms with Crippen LogP contribution >= 0.6 is 0 Å². The van der Waals surface area contributed by atoms with Crippen molar-refractivity contribution in [1.29, 1.82) is 0 Å². The minimum absolute atomic E-state index is 0.143. The average molecular weight is 338 g/mol. The average Bonchev–Trinajstić information content (AvgIpc) is 3.11. The molecule has 1 aliphatic heterocycles. The number of rotatable bonds is 3. The smallest absolute Gasteiger partial charge is 0.123 e. The third kappa shape index (κ3) is 5.43. The first kappa shape index (κ1) is 17.7. The topological polar surface area (TPSA) is 19.0 Å². The van der Waals surface area contributed by atoms with Crippen LogP contribution in [0.1, 0.15) is 25.3 Å². The van der Waals surface area contributed by atoms with Crippen LogP contribution in [0.25, 0.3) is 10.9 Å². The highest BCUT2D eigenvalue weighted by molar-refractivity contribution is 5.78. The molecule has 1 aromatic heterocycles. The fourth-order valence-corrected chi connectivity index (χ4v) is 3.42. The standard InChI is InChI=1S/C14H20FN.C8H7N/c1-12-3-2-9-16(11-12)10-8-13-4-6-14(15)7-5-13;1-2-4-8-7(3-1)5-6-9-8/h4-7,12H,2-3,8-11H2,1H3;1-6,9H/t12-;/m0./s1. The number of H-pyrrole nitrogens is 1. The molecule has 2 nitrogen and oxygen atoms in total. The van der Waals surface area contributed by atoms with Gasteiger partial charge in [-0.3, -0.25) is 0 Å². The molecule has 0 unspecified atom stereocenters. The molecule has 0 bridgehead atoms. The third-order valence-corrected chi connectivity index (χ3v) is 4.83. The van der Waals surface area contributed by atoms with Gasteiger partial charge in [-0.1, -0.05) is 37.3 Å². The number of aromatic nitrogens is 1. The van der Waals surface area contributed by atoms with E-state index in [-0.39, 0.29) is 5.82 Å². The zero-order valence-corrected chi connectivity index (χ0v) is 14.9. The monoisotopic (exact) mass is 338 g/mol. The number of hydrogen-bond acceptors (Lipinski definition) is 1. The lowest BCUT2D eigenvalue weighted by Gasteiger charge is -2.30. The van der Waals surface area contributed by atoms with Crippen LogP contribution in [-0.4, -0.2) is 29.5 Å². The van der Waals surface area contributed by atoms with Gasteiger partial charge in [-0.15, -0.1) is 0 Å². The van der Waals surface area contributed by atoms with E-state index >= 15 is 0 Å². The summed E-state index contributed by atoms with van der Waals surface area (Å²) in [5.41, 5.74) is 2.44. The first-order valence-corrected chi connectivity index (χ1v) is 9.19. The van der Waals surface area contributed by atoms with Gasteiger partial charge in [-0.2, -0.15) is 0 Å². The Labute approximate surface area is 149 Å². The van der Waals surface area contributed by atoms with Gasteiger partial charge in [0.2, 0.25) is 0 Å². The second kappa shape index (κ2) is 8.82. The van der Waals surface area contributed by atoms with Crippen molar-refractivity contribution in [1.82, 2.24) is 9.88 Å². The molecule has 25 heavy (non-hydrogen) atoms. The van der Waals surface area contributed by atoms with E-state index in [1.807, 2.05) is 30.5 Å². The van der Waals surface area contributed by atoms with Crippen molar-refractivity contribution in [2.75, 3.05) is 19.6 Å². The zero-order chi connectivity index (χ0) is 17.5. The third-order valence-electron chi connectivity index (χ3n) is 4.83. The summed E-state index contributed by atoms with van der Waals surface area (Å²) < 4.78 is 12.7. The van der Waals surface area contributed by atoms with Gasteiger partial charge in [0, 0.05) is 24.8 Å². The molecular formula is C22H27FN2. The molecule has 3 aromatic rings. The van der Waals surface area contributed by atoms with Crippen molar-refractivity contribution in [2.24, 2.45) is 5.92 Å². The summed E-state index contributed by atoms with van der Waals surface area (Å²) in [6.45, 7) is 5.88. The molecule has 3 heteroatoms. The molecule has 0 radical (unpaired) electrons. The molecule has 0 saturated carbocycles. The number of nitrogens with zero attached hydrogens (tertiary/aromatic N) is 1. The highest BCUT2D eigenvalue weighted by Gasteiger charge is 2.15. The molecule has 1 aliphatic rings. The fraction of sp³-hybridized carbons (Fsp3) is 0.364. The molecule has 132 valence electrons. The minimum atomic E-state index is -0.143. The van der Waals surface area contributed by atoms with Gasteiger partial charge in [0.15, 0.2) is 0 Å². The number of likely N-dealkylation sites (tertiary alicyclic amines) is 1. The summed E-state index contributed by atoms with van der Waals surface area (Å²) >= 11 is 0. The highest BCUT2D eigenvalue weighted by atomic mass is 19.1. The van der Waals surface area contributed by atoms with Crippen LogP contribution in [0, 0.1) is 11.7 Å². The van der Waals surface area contributed by atoms with E-state index in [4.69, 9.17) is 0 Å². The summed E-state index contributed by atoms with van der Waals surface area (Å²) in [5, 5.41) is 1.28. The molecule has 2 heterocycles. The van der Waals surface area contributed by atoms with Gasteiger partial charge >= 0.3 is 0 Å². The number of benzene rings is 2. The van der Waals surface area contributed by atoms with E-state index in [0.717, 1.165) is 18.9 Å². The SMILES string of the molecule is C[C@H]1CCCN(CCc2ccc(F)cc2)C1.c1ccc2[nH]ccc2c1. The molecule has 1 N–H and O–H groups in total. The molecule has 0 aliphatic carbocycles. The number of piperidine rings is 1. The summed E-state index contributed by atoms with van der Waals surface area (Å²) in [6, 6.07) is 17.2. The maximum absolute atomic E-state index is 12.7. The Morgan fingerprint density at radius 1 is 1.08 bits per heavy atom. The van der Waals surface area contributed by atoms with Gasteiger partial charge in [0.25, 0.3) is 0 Å². The molecule has 4 rings (SSSR count). The number of aromatic amines is 1. The lowest BCUT2D eigenvalue weighted by atomic mass is 10.00. The maximum atomic E-state index is 12.7. The van der Waals surface area contributed by atoms with Gasteiger partial charge in [-0.05, 0) is 66.9 Å². The van der Waals surface area contributed by atoms with Gasteiger partial charge in [-0.25, -0.2) is 4.39 Å². The van der Waals surface area contributed by atoms with Gasteiger partial charge in [0.1, 0.15) is 5.82 Å². The first-order valence-electron chi connectivity index (χ1n) is 9.19. The quantitative estimate of drug-likeness (QED) is 0.689. The minimum Gasteiger partial charge on any atom is -0.361 e. The van der Waals surface area contributed by atoms with Crippen LogP contribution in [0.2, 0.25) is 0 Å². The van der Waals surface area contributed by atoms with E-state index in [1.54, 1.807) is 12.1 Å². The van der Waals surface area contributed by atoms with Crippen LogP contribution in [0.4, 0.5) is 4.39 Å². The van der Waals surface area contributed by atoms with Crippen molar-refractivity contribution >= 4 is 10.9 Å². The van der Waals surface area contributed by atoms with Crippen molar-refractivity contribution < 1.29 is 4.39 Å². The summed E-state index contributed by atoms with van der Waals surface area (Å²) in [4.78, 5) is 5.64. The molecule has 1 fully saturated rings. The molecule has 0 amide bonds. The van der Waals surface area contributed by atoms with E-state index in [9.17, 15) is 4.39 Å². The normalized spacial score (nSPS) is 17.9. The van der Waals surface area contributed by atoms with Crippen molar-refractivity contribution in [3.8, 4) is 0 Å². The highest BCUT2D eigenvalue weighted by Crippen LogP contribution is 2.16. The lowest BCUT2D eigenvalue weighted by molar-refractivity contribution is 0.186. The second-order valence-corrected chi connectivity index (χ2v) is 6.99. The Bertz CT molecular complexity index is 733. The first-order chi connectivity index (χ1) is 12.2. The van der Waals surface area contributed by atoms with Crippen LogP contribution in [-0.2, 0) is 6.42 Å². The van der Waals surface area contributed by atoms with Crippen LogP contribution < -0.4 is 0 Å². The molecular weight excluding hydrogens is 311 g/mol. The summed E-state index contributed by atoms with van der Waals surface area (Å²) in [7, 11) is 0. The second-order valence-electron chi connectivity index (χ2n) is 6.99. The van der Waals surface area contributed by atoms with Crippen molar-refractivity contribution in [3.63, 3.8) is 0 Å². The van der Waals surface area contributed by atoms with E-state index < -0.39 is 0 Å². The van der Waals surface area contributed by atoms with Crippen molar-refractivity contribution in [2.45, 2.75) is 26.2 Å². The predicted octanol–water partition coefficient (Wildman–Crippen LogP) is 5.27. The maximum Gasteiger partial charge on any atom is 0.123 e. The number of nitrogens with one attached hydrogen (secondary N) is 1. The van der Waals surface area contributed by atoms with Gasteiger partial charge in [0.05, 0.1) is 0 Å². The van der Waals surface area contributed by atoms with E-state index in [2.05, 4.69) is 35.0 Å².